The first-order valence-corrected chi connectivity index (χ1v) is 5.78. The maximum absolute atomic E-state index is 2.53. The third kappa shape index (κ3) is 1.19. The van der Waals surface area contributed by atoms with Crippen molar-refractivity contribution in [2.24, 2.45) is 23.7 Å². The van der Waals surface area contributed by atoms with Gasteiger partial charge in [0.25, 0.3) is 0 Å². The van der Waals surface area contributed by atoms with Crippen molar-refractivity contribution in [1.29, 1.82) is 0 Å². The summed E-state index contributed by atoms with van der Waals surface area (Å²) in [6.07, 6.45) is 16.9. The Bertz CT molecular complexity index is 249. The first kappa shape index (κ1) is 7.84. The molecule has 1 saturated carbocycles. The van der Waals surface area contributed by atoms with E-state index >= 15 is 0 Å². The van der Waals surface area contributed by atoms with E-state index in [1.54, 1.807) is 0 Å². The van der Waals surface area contributed by atoms with Crippen molar-refractivity contribution < 1.29 is 0 Å². The van der Waals surface area contributed by atoms with E-state index in [1.807, 2.05) is 0 Å². The van der Waals surface area contributed by atoms with Crippen molar-refractivity contribution in [2.75, 3.05) is 0 Å². The quantitative estimate of drug-likeness (QED) is 0.493. The molecule has 0 N–H and O–H groups in total. The standard InChI is InChI=1S/C13H18/c1-2-6-12-10(4-1)8-9-11-5-3-7-13(11)12/h1-2,8-13H,3-7H2. The van der Waals surface area contributed by atoms with Crippen molar-refractivity contribution in [3.05, 3.63) is 24.3 Å². The fraction of sp³-hybridized carbons (Fsp3) is 0.692. The second kappa shape index (κ2) is 3.01. The summed E-state index contributed by atoms with van der Waals surface area (Å²) in [4.78, 5) is 0. The molecule has 0 aromatic carbocycles. The van der Waals surface area contributed by atoms with Gasteiger partial charge in [0.2, 0.25) is 0 Å². The molecule has 0 radical (unpaired) electrons. The van der Waals surface area contributed by atoms with Crippen LogP contribution in [0.15, 0.2) is 24.3 Å². The third-order valence-corrected chi connectivity index (χ3v) is 4.31. The summed E-state index contributed by atoms with van der Waals surface area (Å²) in [6.45, 7) is 0. The van der Waals surface area contributed by atoms with Crippen LogP contribution in [0.4, 0.5) is 0 Å². The Morgan fingerprint density at radius 2 is 1.62 bits per heavy atom. The molecule has 4 unspecified atom stereocenters. The molecule has 1 fully saturated rings. The number of hydrogen-bond donors (Lipinski definition) is 0. The van der Waals surface area contributed by atoms with Gasteiger partial charge in [-0.1, -0.05) is 30.7 Å². The highest BCUT2D eigenvalue weighted by Gasteiger charge is 2.38. The van der Waals surface area contributed by atoms with Crippen molar-refractivity contribution in [3.8, 4) is 0 Å². The molecule has 3 rings (SSSR count). The van der Waals surface area contributed by atoms with Gasteiger partial charge in [-0.3, -0.25) is 0 Å². The summed E-state index contributed by atoms with van der Waals surface area (Å²) in [5.74, 6) is 3.89. The highest BCUT2D eigenvalue weighted by Crippen LogP contribution is 2.47. The van der Waals surface area contributed by atoms with Crippen LogP contribution in [-0.2, 0) is 0 Å². The first-order valence-electron chi connectivity index (χ1n) is 5.78. The molecule has 0 aromatic heterocycles. The van der Waals surface area contributed by atoms with E-state index in [9.17, 15) is 0 Å². The molecule has 0 heterocycles. The molecule has 70 valence electrons. The first-order chi connectivity index (χ1) is 6.45. The van der Waals surface area contributed by atoms with Crippen LogP contribution in [0.5, 0.6) is 0 Å². The van der Waals surface area contributed by atoms with E-state index < -0.39 is 0 Å². The molecule has 3 aliphatic rings. The lowest BCUT2D eigenvalue weighted by Gasteiger charge is -2.37. The minimum atomic E-state index is 0.893. The highest BCUT2D eigenvalue weighted by atomic mass is 14.4. The molecule has 3 aliphatic carbocycles. The third-order valence-electron chi connectivity index (χ3n) is 4.31. The van der Waals surface area contributed by atoms with Crippen molar-refractivity contribution in [3.63, 3.8) is 0 Å². The van der Waals surface area contributed by atoms with Gasteiger partial charge in [0.05, 0.1) is 0 Å². The molecule has 0 spiro atoms. The number of allylic oxidation sites excluding steroid dienone is 4. The van der Waals surface area contributed by atoms with Crippen molar-refractivity contribution >= 4 is 0 Å². The molecule has 0 aliphatic heterocycles. The summed E-state index contributed by atoms with van der Waals surface area (Å²) in [5, 5.41) is 0. The largest absolute Gasteiger partial charge is 0.0882 e. The van der Waals surface area contributed by atoms with E-state index in [1.165, 1.54) is 32.1 Å². The Morgan fingerprint density at radius 1 is 0.769 bits per heavy atom. The van der Waals surface area contributed by atoms with Crippen LogP contribution in [0.3, 0.4) is 0 Å². The SMILES string of the molecule is C1=CCC2C(C=CC3CCCC32)C1. The Kier molecular flexibility index (Phi) is 1.81. The average Bonchev–Trinajstić information content (AvgIpc) is 2.65. The van der Waals surface area contributed by atoms with Crippen molar-refractivity contribution in [2.45, 2.75) is 32.1 Å². The van der Waals surface area contributed by atoms with E-state index in [2.05, 4.69) is 24.3 Å². The monoisotopic (exact) mass is 174 g/mol. The van der Waals surface area contributed by atoms with Gasteiger partial charge in [-0.25, -0.2) is 0 Å². The Morgan fingerprint density at radius 3 is 2.62 bits per heavy atom. The van der Waals surface area contributed by atoms with E-state index in [4.69, 9.17) is 0 Å². The van der Waals surface area contributed by atoms with Crippen LogP contribution in [0.2, 0.25) is 0 Å². The predicted octanol–water partition coefficient (Wildman–Crippen LogP) is 3.55. The molecule has 0 amide bonds. The van der Waals surface area contributed by atoms with E-state index in [0.717, 1.165) is 23.7 Å². The lowest BCUT2D eigenvalue weighted by molar-refractivity contribution is 0.211. The van der Waals surface area contributed by atoms with Crippen LogP contribution in [0, 0.1) is 23.7 Å². The molecular weight excluding hydrogens is 156 g/mol. The van der Waals surface area contributed by atoms with Gasteiger partial charge >= 0.3 is 0 Å². The Balaban J connectivity index is 1.89. The van der Waals surface area contributed by atoms with Gasteiger partial charge in [0, 0.05) is 0 Å². The number of rotatable bonds is 0. The zero-order valence-electron chi connectivity index (χ0n) is 8.15. The van der Waals surface area contributed by atoms with Crippen LogP contribution in [-0.4, -0.2) is 0 Å². The molecule has 0 bridgehead atoms. The van der Waals surface area contributed by atoms with Gasteiger partial charge in [-0.2, -0.15) is 0 Å². The van der Waals surface area contributed by atoms with Crippen molar-refractivity contribution in [1.82, 2.24) is 0 Å². The Hall–Kier alpha value is -0.520. The second-order valence-electron chi connectivity index (χ2n) is 4.91. The minimum Gasteiger partial charge on any atom is -0.0882 e. The zero-order chi connectivity index (χ0) is 8.67. The van der Waals surface area contributed by atoms with E-state index in [0.29, 0.717) is 0 Å². The zero-order valence-corrected chi connectivity index (χ0v) is 8.15. The summed E-state index contributed by atoms with van der Waals surface area (Å²) >= 11 is 0. The van der Waals surface area contributed by atoms with Gasteiger partial charge in [-0.15, -0.1) is 0 Å². The van der Waals surface area contributed by atoms with Crippen LogP contribution < -0.4 is 0 Å². The summed E-state index contributed by atoms with van der Waals surface area (Å²) in [7, 11) is 0. The van der Waals surface area contributed by atoms with E-state index in [-0.39, 0.29) is 0 Å². The van der Waals surface area contributed by atoms with Gasteiger partial charge < -0.3 is 0 Å². The van der Waals surface area contributed by atoms with Crippen LogP contribution in [0.25, 0.3) is 0 Å². The number of fused-ring (bicyclic) bond motifs is 3. The summed E-state index contributed by atoms with van der Waals surface area (Å²) in [5.41, 5.74) is 0. The average molecular weight is 174 g/mol. The second-order valence-corrected chi connectivity index (χ2v) is 4.91. The highest BCUT2D eigenvalue weighted by molar-refractivity contribution is 5.12. The van der Waals surface area contributed by atoms with Crippen LogP contribution in [0.1, 0.15) is 32.1 Å². The molecule has 4 atom stereocenters. The molecule has 0 heteroatoms. The summed E-state index contributed by atoms with van der Waals surface area (Å²) < 4.78 is 0. The minimum absolute atomic E-state index is 0.893. The smallest absolute Gasteiger partial charge is 0.0165 e. The maximum Gasteiger partial charge on any atom is -0.0165 e. The van der Waals surface area contributed by atoms with Gasteiger partial charge in [0.15, 0.2) is 0 Å². The van der Waals surface area contributed by atoms with Crippen LogP contribution >= 0.6 is 0 Å². The molecule has 13 heavy (non-hydrogen) atoms. The van der Waals surface area contributed by atoms with Gasteiger partial charge in [0.1, 0.15) is 0 Å². The fourth-order valence-corrected chi connectivity index (χ4v) is 3.64. The van der Waals surface area contributed by atoms with Gasteiger partial charge in [-0.05, 0) is 49.4 Å². The number of hydrogen-bond acceptors (Lipinski definition) is 0. The lowest BCUT2D eigenvalue weighted by Crippen LogP contribution is -2.29. The predicted molar refractivity (Wildman–Crippen MR) is 55.3 cm³/mol. The molecule has 0 saturated heterocycles. The lowest BCUT2D eigenvalue weighted by atomic mass is 9.68. The molecule has 0 nitrogen and oxygen atoms in total. The Labute approximate surface area is 80.7 Å². The normalized spacial score (nSPS) is 47.4. The maximum atomic E-state index is 2.53. The topological polar surface area (TPSA) is 0 Å². The molecule has 0 aromatic rings. The fourth-order valence-electron chi connectivity index (χ4n) is 3.64. The summed E-state index contributed by atoms with van der Waals surface area (Å²) in [6, 6.07) is 0. The molecular formula is C13H18.